The number of carbonyl (C=O) groups is 1. The van der Waals surface area contributed by atoms with Crippen LogP contribution in [-0.2, 0) is 10.0 Å². The third-order valence-corrected chi connectivity index (χ3v) is 7.11. The number of nitrogens with zero attached hydrogens (tertiary/aromatic N) is 1. The fourth-order valence-corrected chi connectivity index (χ4v) is 5.05. The molecule has 0 atom stereocenters. The van der Waals surface area contributed by atoms with Gasteiger partial charge in [0.25, 0.3) is 15.9 Å². The van der Waals surface area contributed by atoms with Gasteiger partial charge in [-0.05, 0) is 68.3 Å². The molecule has 1 aliphatic rings. The van der Waals surface area contributed by atoms with Crippen molar-refractivity contribution in [2.24, 2.45) is 0 Å². The fraction of sp³-hybridized carbons (Fsp3) is 0.381. The minimum absolute atomic E-state index is 0.0548. The summed E-state index contributed by atoms with van der Waals surface area (Å²) < 4.78 is 33.9. The number of sulfonamides is 1. The average molecular weight is 435 g/mol. The molecule has 8 heteroatoms. The predicted molar refractivity (Wildman–Crippen MR) is 117 cm³/mol. The van der Waals surface area contributed by atoms with Crippen molar-refractivity contribution in [3.63, 3.8) is 0 Å². The van der Waals surface area contributed by atoms with Crippen LogP contribution in [0.2, 0.25) is 0 Å². The summed E-state index contributed by atoms with van der Waals surface area (Å²) in [7, 11) is -2.39. The van der Waals surface area contributed by atoms with Crippen LogP contribution < -0.4 is 9.46 Å². The van der Waals surface area contributed by atoms with Gasteiger partial charge in [-0.3, -0.25) is 9.52 Å². The predicted octanol–water partition coefficient (Wildman–Crippen LogP) is 4.15. The molecule has 0 spiro atoms. The normalized spacial score (nSPS) is 14.5. The molecule has 0 saturated carbocycles. The van der Waals surface area contributed by atoms with Gasteiger partial charge in [-0.25, -0.2) is 8.42 Å². The van der Waals surface area contributed by atoms with Crippen LogP contribution in [0.15, 0.2) is 46.2 Å². The zero-order chi connectivity index (χ0) is 21.0. The highest BCUT2D eigenvalue weighted by molar-refractivity contribution is 7.98. The van der Waals surface area contributed by atoms with Crippen LogP contribution in [0, 0.1) is 6.92 Å². The quantitative estimate of drug-likeness (QED) is 0.691. The summed E-state index contributed by atoms with van der Waals surface area (Å²) in [5.41, 5.74) is 1.70. The summed E-state index contributed by atoms with van der Waals surface area (Å²) in [5, 5.41) is 0. The molecule has 0 unspecified atom stereocenters. The first kappa shape index (κ1) is 21.5. The number of amides is 1. The molecule has 2 aromatic carbocycles. The van der Waals surface area contributed by atoms with Crippen molar-refractivity contribution in [3.8, 4) is 5.75 Å². The Balaban J connectivity index is 1.95. The van der Waals surface area contributed by atoms with Crippen molar-refractivity contribution in [1.29, 1.82) is 0 Å². The Labute approximate surface area is 176 Å². The monoisotopic (exact) mass is 434 g/mol. The number of hydrogen-bond donors (Lipinski definition) is 1. The number of thioether (sulfide) groups is 1. The van der Waals surface area contributed by atoms with E-state index in [1.54, 1.807) is 18.2 Å². The minimum Gasteiger partial charge on any atom is -0.495 e. The number of ether oxygens (including phenoxy) is 1. The van der Waals surface area contributed by atoms with Crippen molar-refractivity contribution in [2.75, 3.05) is 31.2 Å². The van der Waals surface area contributed by atoms with E-state index in [4.69, 9.17) is 4.74 Å². The highest BCUT2D eigenvalue weighted by Gasteiger charge is 2.24. The number of carbonyl (C=O) groups excluding carboxylic acids is 1. The van der Waals surface area contributed by atoms with Gasteiger partial charge in [0.2, 0.25) is 0 Å². The van der Waals surface area contributed by atoms with Crippen LogP contribution in [0.3, 0.4) is 0 Å². The Bertz CT molecular complexity index is 1000. The number of hydrogen-bond acceptors (Lipinski definition) is 5. The van der Waals surface area contributed by atoms with E-state index in [1.807, 2.05) is 24.1 Å². The van der Waals surface area contributed by atoms with Crippen molar-refractivity contribution >= 4 is 33.4 Å². The first-order valence-electron chi connectivity index (χ1n) is 9.50. The van der Waals surface area contributed by atoms with Crippen LogP contribution in [0.5, 0.6) is 5.75 Å². The second-order valence-corrected chi connectivity index (χ2v) is 9.55. The first-order chi connectivity index (χ1) is 13.9. The molecule has 1 N–H and O–H groups in total. The van der Waals surface area contributed by atoms with Gasteiger partial charge in [0.1, 0.15) is 5.75 Å². The highest BCUT2D eigenvalue weighted by atomic mass is 32.2. The van der Waals surface area contributed by atoms with Gasteiger partial charge >= 0.3 is 0 Å². The molecule has 0 radical (unpaired) electrons. The minimum atomic E-state index is -3.88. The molecule has 1 saturated heterocycles. The molecule has 0 bridgehead atoms. The van der Waals surface area contributed by atoms with Crippen LogP contribution in [-0.4, -0.2) is 45.7 Å². The molecule has 1 aliphatic heterocycles. The molecule has 2 aromatic rings. The number of aryl methyl sites for hydroxylation is 1. The number of benzene rings is 2. The SMILES string of the molecule is COc1ccc(C)cc1NS(=O)(=O)c1ccc(SC)c(C(=O)N2CCCCC2)c1. The fourth-order valence-electron chi connectivity index (χ4n) is 3.39. The Hall–Kier alpha value is -2.19. The van der Waals surface area contributed by atoms with E-state index < -0.39 is 10.0 Å². The van der Waals surface area contributed by atoms with E-state index >= 15 is 0 Å². The lowest BCUT2D eigenvalue weighted by molar-refractivity contribution is 0.0720. The van der Waals surface area contributed by atoms with Gasteiger partial charge in [-0.15, -0.1) is 11.8 Å². The number of likely N-dealkylation sites (tertiary alicyclic amines) is 1. The zero-order valence-corrected chi connectivity index (χ0v) is 18.5. The summed E-state index contributed by atoms with van der Waals surface area (Å²) in [6.07, 6.45) is 4.96. The van der Waals surface area contributed by atoms with Gasteiger partial charge in [-0.2, -0.15) is 0 Å². The smallest absolute Gasteiger partial charge is 0.262 e. The molecule has 0 aromatic heterocycles. The van der Waals surface area contributed by atoms with E-state index in [9.17, 15) is 13.2 Å². The summed E-state index contributed by atoms with van der Waals surface area (Å²) in [6.45, 7) is 3.30. The van der Waals surface area contributed by atoms with Crippen molar-refractivity contribution in [2.45, 2.75) is 36.0 Å². The van der Waals surface area contributed by atoms with Crippen molar-refractivity contribution < 1.29 is 17.9 Å². The first-order valence-corrected chi connectivity index (χ1v) is 12.2. The standard InChI is InChI=1S/C21H26N2O4S2/c1-15-7-9-19(27-2)18(13-15)22-29(25,26)16-8-10-20(28-3)17(14-16)21(24)23-11-5-4-6-12-23/h7-10,13-14,22H,4-6,11-12H2,1-3H3. The number of rotatable bonds is 6. The largest absolute Gasteiger partial charge is 0.495 e. The second kappa shape index (κ2) is 9.09. The number of piperidine rings is 1. The Kier molecular flexibility index (Phi) is 6.74. The molecule has 3 rings (SSSR count). The number of methoxy groups -OCH3 is 1. The summed E-state index contributed by atoms with van der Waals surface area (Å²) in [5.74, 6) is 0.323. The van der Waals surface area contributed by atoms with E-state index in [0.29, 0.717) is 30.1 Å². The molecule has 1 heterocycles. The molecule has 1 amide bonds. The third-order valence-electron chi connectivity index (χ3n) is 4.95. The zero-order valence-electron chi connectivity index (χ0n) is 16.9. The lowest BCUT2D eigenvalue weighted by Crippen LogP contribution is -2.36. The summed E-state index contributed by atoms with van der Waals surface area (Å²) in [4.78, 5) is 15.7. The maximum Gasteiger partial charge on any atom is 0.262 e. The maximum absolute atomic E-state index is 13.0. The van der Waals surface area contributed by atoms with Gasteiger partial charge in [0, 0.05) is 18.0 Å². The lowest BCUT2D eigenvalue weighted by Gasteiger charge is -2.27. The average Bonchev–Trinajstić information content (AvgIpc) is 2.73. The molecule has 0 aliphatic carbocycles. The number of nitrogens with one attached hydrogen (secondary N) is 1. The number of anilines is 1. The van der Waals surface area contributed by atoms with E-state index in [-0.39, 0.29) is 10.8 Å². The molecule has 6 nitrogen and oxygen atoms in total. The van der Waals surface area contributed by atoms with Gasteiger partial charge in [-0.1, -0.05) is 6.07 Å². The topological polar surface area (TPSA) is 75.7 Å². The van der Waals surface area contributed by atoms with Gasteiger partial charge in [0.05, 0.1) is 23.3 Å². The Morgan fingerprint density at radius 3 is 2.48 bits per heavy atom. The molecule has 29 heavy (non-hydrogen) atoms. The third kappa shape index (κ3) is 4.87. The highest BCUT2D eigenvalue weighted by Crippen LogP contribution is 2.30. The maximum atomic E-state index is 13.0. The Morgan fingerprint density at radius 1 is 1.10 bits per heavy atom. The van der Waals surface area contributed by atoms with Crippen molar-refractivity contribution in [1.82, 2.24) is 4.90 Å². The van der Waals surface area contributed by atoms with Crippen LogP contribution in [0.4, 0.5) is 5.69 Å². The molecular weight excluding hydrogens is 408 g/mol. The Morgan fingerprint density at radius 2 is 1.83 bits per heavy atom. The molecule has 1 fully saturated rings. The van der Waals surface area contributed by atoms with Gasteiger partial charge < -0.3 is 9.64 Å². The summed E-state index contributed by atoms with van der Waals surface area (Å²) in [6, 6.07) is 9.99. The van der Waals surface area contributed by atoms with Crippen LogP contribution in [0.25, 0.3) is 0 Å². The van der Waals surface area contributed by atoms with Crippen molar-refractivity contribution in [3.05, 3.63) is 47.5 Å². The lowest BCUT2D eigenvalue weighted by atomic mass is 10.1. The molecule has 156 valence electrons. The summed E-state index contributed by atoms with van der Waals surface area (Å²) >= 11 is 1.44. The van der Waals surface area contributed by atoms with E-state index in [2.05, 4.69) is 4.72 Å². The van der Waals surface area contributed by atoms with Gasteiger partial charge in [0.15, 0.2) is 0 Å². The molecular formula is C21H26N2O4S2. The van der Waals surface area contributed by atoms with E-state index in [1.165, 1.54) is 31.0 Å². The van der Waals surface area contributed by atoms with E-state index in [0.717, 1.165) is 29.7 Å². The second-order valence-electron chi connectivity index (χ2n) is 7.02. The van der Waals surface area contributed by atoms with Crippen LogP contribution >= 0.6 is 11.8 Å². The van der Waals surface area contributed by atoms with Crippen LogP contribution in [0.1, 0.15) is 35.2 Å².